The number of benzene rings is 1. The van der Waals surface area contributed by atoms with Crippen LogP contribution >= 0.6 is 0 Å². The van der Waals surface area contributed by atoms with Crippen LogP contribution in [0.4, 0.5) is 0 Å². The van der Waals surface area contributed by atoms with Crippen LogP contribution in [0.1, 0.15) is 30.5 Å². The molecule has 5 nitrogen and oxygen atoms in total. The van der Waals surface area contributed by atoms with E-state index in [4.69, 9.17) is 9.88 Å². The molecular weight excluding hydrogens is 264 g/mol. The molecule has 0 aliphatic carbocycles. The number of nitrogens with one attached hydrogen (secondary N) is 1. The molecule has 0 aromatic heterocycles. The van der Waals surface area contributed by atoms with Crippen LogP contribution in [0.25, 0.3) is 0 Å². The molecule has 1 aromatic rings. The molecule has 0 radical (unpaired) electrons. The zero-order valence-corrected chi connectivity index (χ0v) is 11.9. The molecule has 0 saturated carbocycles. The quantitative estimate of drug-likeness (QED) is 0.815. The van der Waals surface area contributed by atoms with Gasteiger partial charge in [-0.1, -0.05) is 19.1 Å². The van der Waals surface area contributed by atoms with Crippen LogP contribution < -0.4 is 15.2 Å². The predicted octanol–water partition coefficient (Wildman–Crippen LogP) is 0.951. The van der Waals surface area contributed by atoms with Crippen LogP contribution in [-0.2, 0) is 16.4 Å². The first-order valence-electron chi connectivity index (χ1n) is 6.49. The van der Waals surface area contributed by atoms with Gasteiger partial charge in [-0.25, -0.2) is 13.6 Å². The first kappa shape index (κ1) is 14.3. The van der Waals surface area contributed by atoms with Gasteiger partial charge in [0.25, 0.3) is 0 Å². The minimum absolute atomic E-state index is 0.0441. The summed E-state index contributed by atoms with van der Waals surface area (Å²) in [5.74, 6) is 0.917. The van der Waals surface area contributed by atoms with Crippen LogP contribution in [0.2, 0.25) is 0 Å². The third-order valence-electron chi connectivity index (χ3n) is 3.30. The van der Waals surface area contributed by atoms with E-state index in [0.717, 1.165) is 25.2 Å². The summed E-state index contributed by atoms with van der Waals surface area (Å²) >= 11 is 0. The molecule has 1 heterocycles. The monoisotopic (exact) mass is 284 g/mol. The smallest absolute Gasteiger partial charge is 0.210 e. The Hall–Kier alpha value is -1.11. The van der Waals surface area contributed by atoms with Gasteiger partial charge in [-0.05, 0) is 23.6 Å². The minimum Gasteiger partial charge on any atom is -0.493 e. The molecule has 106 valence electrons. The van der Waals surface area contributed by atoms with Crippen LogP contribution in [0.15, 0.2) is 18.2 Å². The molecule has 1 aromatic carbocycles. The van der Waals surface area contributed by atoms with Crippen LogP contribution in [0.5, 0.6) is 5.75 Å². The molecule has 0 spiro atoms. The van der Waals surface area contributed by atoms with Crippen molar-refractivity contribution in [2.75, 3.05) is 18.9 Å². The fraction of sp³-hybridized carbons (Fsp3) is 0.538. The number of hydrogen-bond acceptors (Lipinski definition) is 4. The van der Waals surface area contributed by atoms with E-state index in [-0.39, 0.29) is 11.8 Å². The number of hydrogen-bond donors (Lipinski definition) is 2. The fourth-order valence-electron chi connectivity index (χ4n) is 2.30. The first-order chi connectivity index (χ1) is 8.99. The average Bonchev–Trinajstić information content (AvgIpc) is 2.80. The van der Waals surface area contributed by atoms with Gasteiger partial charge in [0.15, 0.2) is 0 Å². The predicted molar refractivity (Wildman–Crippen MR) is 74.6 cm³/mol. The van der Waals surface area contributed by atoms with Crippen molar-refractivity contribution >= 4 is 10.0 Å². The highest BCUT2D eigenvalue weighted by atomic mass is 32.2. The van der Waals surface area contributed by atoms with Gasteiger partial charge in [0.2, 0.25) is 10.0 Å². The van der Waals surface area contributed by atoms with Gasteiger partial charge in [0.05, 0.1) is 12.4 Å². The number of nitrogens with two attached hydrogens (primary N) is 1. The molecule has 0 amide bonds. The average molecular weight is 284 g/mol. The molecule has 6 heteroatoms. The van der Waals surface area contributed by atoms with E-state index in [1.165, 1.54) is 11.1 Å². The normalized spacial score (nSPS) is 15.9. The summed E-state index contributed by atoms with van der Waals surface area (Å²) in [5, 5.41) is 8.22. The van der Waals surface area contributed by atoms with E-state index >= 15 is 0 Å². The number of rotatable bonds is 6. The summed E-state index contributed by atoms with van der Waals surface area (Å²) in [7, 11) is -3.40. The highest BCUT2D eigenvalue weighted by Crippen LogP contribution is 2.28. The third kappa shape index (κ3) is 3.92. The Labute approximate surface area is 114 Å². The number of primary sulfonamides is 1. The Bertz CT molecular complexity index is 543. The second kappa shape index (κ2) is 5.90. The molecule has 3 N–H and O–H groups in total. The SMILES string of the molecule is CCC(NCCS(N)(=O)=O)c1ccc2c(c1)CCO2. The largest absolute Gasteiger partial charge is 0.493 e. The van der Waals surface area contributed by atoms with Crippen molar-refractivity contribution in [3.05, 3.63) is 29.3 Å². The van der Waals surface area contributed by atoms with Crippen molar-refractivity contribution in [1.82, 2.24) is 5.32 Å². The number of fused-ring (bicyclic) bond motifs is 1. The maximum absolute atomic E-state index is 10.9. The van der Waals surface area contributed by atoms with E-state index < -0.39 is 10.0 Å². The number of ether oxygens (including phenoxy) is 1. The summed E-state index contributed by atoms with van der Waals surface area (Å²) < 4.78 is 27.3. The second-order valence-corrected chi connectivity index (χ2v) is 6.48. The van der Waals surface area contributed by atoms with Gasteiger partial charge in [-0.2, -0.15) is 0 Å². The van der Waals surface area contributed by atoms with E-state index in [9.17, 15) is 8.42 Å². The van der Waals surface area contributed by atoms with Crippen molar-refractivity contribution in [2.24, 2.45) is 5.14 Å². The Morgan fingerprint density at radius 2 is 2.26 bits per heavy atom. The lowest BCUT2D eigenvalue weighted by atomic mass is 10.0. The molecule has 1 aliphatic heterocycles. The molecule has 0 fully saturated rings. The lowest BCUT2D eigenvalue weighted by Crippen LogP contribution is -2.29. The van der Waals surface area contributed by atoms with Gasteiger partial charge < -0.3 is 10.1 Å². The summed E-state index contributed by atoms with van der Waals surface area (Å²) in [6, 6.07) is 6.30. The Kier molecular flexibility index (Phi) is 4.44. The van der Waals surface area contributed by atoms with E-state index in [0.29, 0.717) is 6.54 Å². The van der Waals surface area contributed by atoms with Crippen LogP contribution in [-0.4, -0.2) is 27.3 Å². The van der Waals surface area contributed by atoms with E-state index in [1.807, 2.05) is 12.1 Å². The van der Waals surface area contributed by atoms with Crippen LogP contribution in [0.3, 0.4) is 0 Å². The summed E-state index contributed by atoms with van der Waals surface area (Å²) in [4.78, 5) is 0. The van der Waals surface area contributed by atoms with Gasteiger partial charge in [-0.15, -0.1) is 0 Å². The van der Waals surface area contributed by atoms with Crippen LogP contribution in [0, 0.1) is 0 Å². The zero-order chi connectivity index (χ0) is 13.9. The Balaban J connectivity index is 2.01. The van der Waals surface area contributed by atoms with Crippen molar-refractivity contribution in [3.8, 4) is 5.75 Å². The van der Waals surface area contributed by atoms with Crippen molar-refractivity contribution in [2.45, 2.75) is 25.8 Å². The second-order valence-electron chi connectivity index (χ2n) is 4.75. The van der Waals surface area contributed by atoms with E-state index in [2.05, 4.69) is 18.3 Å². The van der Waals surface area contributed by atoms with Crippen molar-refractivity contribution in [3.63, 3.8) is 0 Å². The molecular formula is C13H20N2O3S. The Morgan fingerprint density at radius 3 is 2.95 bits per heavy atom. The van der Waals surface area contributed by atoms with Crippen molar-refractivity contribution in [1.29, 1.82) is 0 Å². The highest BCUT2D eigenvalue weighted by Gasteiger charge is 2.16. The minimum atomic E-state index is -3.40. The maximum Gasteiger partial charge on any atom is 0.210 e. The maximum atomic E-state index is 10.9. The molecule has 1 unspecified atom stereocenters. The Morgan fingerprint density at radius 1 is 1.47 bits per heavy atom. The molecule has 0 bridgehead atoms. The van der Waals surface area contributed by atoms with Gasteiger partial charge >= 0.3 is 0 Å². The molecule has 2 rings (SSSR count). The highest BCUT2D eigenvalue weighted by molar-refractivity contribution is 7.89. The standard InChI is InChI=1S/C13H20N2O3S/c1-2-12(15-6-8-19(14,16)17)10-3-4-13-11(9-10)5-7-18-13/h3-4,9,12,15H,2,5-8H2,1H3,(H2,14,16,17). The fourth-order valence-corrected chi connectivity index (χ4v) is 2.70. The lowest BCUT2D eigenvalue weighted by molar-refractivity contribution is 0.356. The third-order valence-corrected chi connectivity index (χ3v) is 4.07. The lowest BCUT2D eigenvalue weighted by Gasteiger charge is -2.18. The zero-order valence-electron chi connectivity index (χ0n) is 11.1. The summed E-state index contributed by atoms with van der Waals surface area (Å²) in [6.45, 7) is 3.18. The topological polar surface area (TPSA) is 81.4 Å². The van der Waals surface area contributed by atoms with E-state index in [1.54, 1.807) is 0 Å². The summed E-state index contributed by atoms with van der Waals surface area (Å²) in [5.41, 5.74) is 2.39. The molecule has 19 heavy (non-hydrogen) atoms. The number of sulfonamides is 1. The molecule has 1 aliphatic rings. The van der Waals surface area contributed by atoms with Gasteiger partial charge in [-0.3, -0.25) is 0 Å². The first-order valence-corrected chi connectivity index (χ1v) is 8.20. The van der Waals surface area contributed by atoms with Crippen molar-refractivity contribution < 1.29 is 13.2 Å². The van der Waals surface area contributed by atoms with Gasteiger partial charge in [0.1, 0.15) is 5.75 Å². The molecule has 0 saturated heterocycles. The van der Waals surface area contributed by atoms with Gasteiger partial charge in [0, 0.05) is 19.0 Å². The molecule has 1 atom stereocenters. The summed E-state index contributed by atoms with van der Waals surface area (Å²) in [6.07, 6.45) is 1.83.